The number of hydrogen-bond donors (Lipinski definition) is 1. The molecule has 3 atom stereocenters. The summed E-state index contributed by atoms with van der Waals surface area (Å²) in [5.41, 5.74) is 8.22. The first-order chi connectivity index (χ1) is 9.99. The Kier molecular flexibility index (Phi) is 3.78. The Balaban J connectivity index is 1.91. The zero-order chi connectivity index (χ0) is 15.0. The Morgan fingerprint density at radius 1 is 1.29 bits per heavy atom. The highest BCUT2D eigenvalue weighted by atomic mass is 16.2. The van der Waals surface area contributed by atoms with Gasteiger partial charge in [-0.1, -0.05) is 44.9 Å². The van der Waals surface area contributed by atoms with Crippen LogP contribution in [0.3, 0.4) is 0 Å². The molecule has 0 saturated heterocycles. The second-order valence-corrected chi connectivity index (χ2v) is 7.21. The van der Waals surface area contributed by atoms with Gasteiger partial charge < -0.3 is 10.6 Å². The molecular formula is C18H26N2O. The van der Waals surface area contributed by atoms with Crippen LogP contribution in [-0.4, -0.2) is 18.0 Å². The third-order valence-corrected chi connectivity index (χ3v) is 5.05. The van der Waals surface area contributed by atoms with Crippen molar-refractivity contribution in [3.8, 4) is 0 Å². The molecule has 0 radical (unpaired) electrons. The average Bonchev–Trinajstić information content (AvgIpc) is 2.45. The van der Waals surface area contributed by atoms with Crippen molar-refractivity contribution in [2.24, 2.45) is 17.6 Å². The van der Waals surface area contributed by atoms with Crippen LogP contribution in [0.2, 0.25) is 0 Å². The highest BCUT2D eigenvalue weighted by Crippen LogP contribution is 2.36. The van der Waals surface area contributed by atoms with Crippen molar-refractivity contribution in [3.05, 3.63) is 29.8 Å². The Morgan fingerprint density at radius 2 is 2.05 bits per heavy atom. The van der Waals surface area contributed by atoms with Gasteiger partial charge in [0.1, 0.15) is 0 Å². The van der Waals surface area contributed by atoms with E-state index in [0.29, 0.717) is 11.8 Å². The van der Waals surface area contributed by atoms with Gasteiger partial charge in [-0.05, 0) is 42.7 Å². The molecule has 2 aliphatic rings. The fraction of sp³-hybridized carbons (Fsp3) is 0.611. The molecule has 0 aromatic heterocycles. The quantitative estimate of drug-likeness (QED) is 0.862. The minimum atomic E-state index is -0.665. The number of hydrogen-bond acceptors (Lipinski definition) is 2. The van der Waals surface area contributed by atoms with Crippen molar-refractivity contribution >= 4 is 11.6 Å². The number of anilines is 1. The van der Waals surface area contributed by atoms with E-state index in [1.807, 2.05) is 11.0 Å². The van der Waals surface area contributed by atoms with Crippen molar-refractivity contribution in [2.45, 2.75) is 51.5 Å². The van der Waals surface area contributed by atoms with E-state index in [0.717, 1.165) is 37.9 Å². The van der Waals surface area contributed by atoms with E-state index in [1.165, 1.54) is 12.0 Å². The van der Waals surface area contributed by atoms with E-state index in [1.54, 1.807) is 0 Å². The summed E-state index contributed by atoms with van der Waals surface area (Å²) in [7, 11) is 0. The molecule has 2 N–H and O–H groups in total. The Morgan fingerprint density at radius 3 is 2.81 bits per heavy atom. The molecule has 3 rings (SSSR count). The molecule has 1 aliphatic carbocycles. The Hall–Kier alpha value is -1.35. The van der Waals surface area contributed by atoms with Crippen molar-refractivity contribution in [3.63, 3.8) is 0 Å². The zero-order valence-corrected chi connectivity index (χ0v) is 13.1. The molecule has 3 nitrogen and oxygen atoms in total. The molecule has 1 aliphatic heterocycles. The van der Waals surface area contributed by atoms with Gasteiger partial charge >= 0.3 is 0 Å². The first-order valence-corrected chi connectivity index (χ1v) is 8.18. The van der Waals surface area contributed by atoms with Crippen LogP contribution in [0.4, 0.5) is 5.69 Å². The lowest BCUT2D eigenvalue weighted by Crippen LogP contribution is -2.59. The first-order valence-electron chi connectivity index (χ1n) is 8.18. The summed E-state index contributed by atoms with van der Waals surface area (Å²) in [6.07, 6.45) is 4.95. The zero-order valence-electron chi connectivity index (χ0n) is 13.1. The van der Waals surface area contributed by atoms with Crippen LogP contribution in [0, 0.1) is 11.8 Å². The minimum Gasteiger partial charge on any atom is -0.317 e. The van der Waals surface area contributed by atoms with Gasteiger partial charge in [-0.25, -0.2) is 0 Å². The average molecular weight is 286 g/mol. The predicted molar refractivity (Wildman–Crippen MR) is 86.2 cm³/mol. The van der Waals surface area contributed by atoms with Gasteiger partial charge in [-0.3, -0.25) is 4.79 Å². The van der Waals surface area contributed by atoms with Crippen LogP contribution in [0.25, 0.3) is 0 Å². The molecule has 114 valence electrons. The lowest BCUT2D eigenvalue weighted by atomic mass is 9.75. The number of para-hydroxylation sites is 1. The molecule has 0 bridgehead atoms. The second kappa shape index (κ2) is 5.45. The number of nitrogens with zero attached hydrogens (tertiary/aromatic N) is 1. The van der Waals surface area contributed by atoms with Crippen molar-refractivity contribution in [1.29, 1.82) is 0 Å². The number of rotatable bonds is 1. The van der Waals surface area contributed by atoms with Gasteiger partial charge in [-0.2, -0.15) is 0 Å². The number of amides is 1. The van der Waals surface area contributed by atoms with Crippen LogP contribution in [0.1, 0.15) is 45.1 Å². The normalized spacial score (nSPS) is 32.6. The van der Waals surface area contributed by atoms with Crippen molar-refractivity contribution < 1.29 is 4.79 Å². The summed E-state index contributed by atoms with van der Waals surface area (Å²) in [6, 6.07) is 8.27. The van der Waals surface area contributed by atoms with Gasteiger partial charge in [0.2, 0.25) is 5.91 Å². The van der Waals surface area contributed by atoms with Crippen LogP contribution < -0.4 is 10.6 Å². The Labute approximate surface area is 127 Å². The van der Waals surface area contributed by atoms with E-state index in [9.17, 15) is 4.79 Å². The third kappa shape index (κ3) is 2.71. The highest BCUT2D eigenvalue weighted by molar-refractivity contribution is 6.01. The molecule has 1 saturated carbocycles. The predicted octanol–water partition coefficient (Wildman–Crippen LogP) is 3.12. The summed E-state index contributed by atoms with van der Waals surface area (Å²) in [5.74, 6) is 1.17. The third-order valence-electron chi connectivity index (χ3n) is 5.05. The summed E-state index contributed by atoms with van der Waals surface area (Å²) in [4.78, 5) is 15.1. The number of carbonyl (C=O) groups is 1. The second-order valence-electron chi connectivity index (χ2n) is 7.21. The lowest BCUT2D eigenvalue weighted by Gasteiger charge is -2.42. The summed E-state index contributed by atoms with van der Waals surface area (Å²) < 4.78 is 0. The molecule has 0 spiro atoms. The molecule has 1 amide bonds. The summed E-state index contributed by atoms with van der Waals surface area (Å²) in [6.45, 7) is 5.22. The molecule has 21 heavy (non-hydrogen) atoms. The van der Waals surface area contributed by atoms with Gasteiger partial charge in [0.25, 0.3) is 0 Å². The molecule has 1 heterocycles. The summed E-state index contributed by atoms with van der Waals surface area (Å²) >= 11 is 0. The number of carbonyl (C=O) groups excluding carboxylic acids is 1. The molecule has 1 fully saturated rings. The highest BCUT2D eigenvalue weighted by Gasteiger charge is 2.42. The van der Waals surface area contributed by atoms with Gasteiger partial charge in [-0.15, -0.1) is 0 Å². The largest absolute Gasteiger partial charge is 0.317 e. The maximum absolute atomic E-state index is 13.1. The van der Waals surface area contributed by atoms with Crippen molar-refractivity contribution in [2.75, 3.05) is 11.4 Å². The smallest absolute Gasteiger partial charge is 0.247 e. The standard InChI is InChI=1S/C18H26N2O/c1-13-6-5-9-18(19,11-13)17(21)20-12-14(2)10-15-7-3-4-8-16(15)20/h3-4,7-8,13-14H,5-6,9-12,19H2,1-2H3. The molecule has 1 aromatic rings. The van der Waals surface area contributed by atoms with Crippen molar-refractivity contribution in [1.82, 2.24) is 0 Å². The summed E-state index contributed by atoms with van der Waals surface area (Å²) in [5, 5.41) is 0. The van der Waals surface area contributed by atoms with E-state index >= 15 is 0 Å². The van der Waals surface area contributed by atoms with E-state index < -0.39 is 5.54 Å². The molecule has 3 heteroatoms. The fourth-order valence-electron chi connectivity index (χ4n) is 4.04. The van der Waals surface area contributed by atoms with E-state index in [4.69, 9.17) is 5.73 Å². The lowest BCUT2D eigenvalue weighted by molar-refractivity contribution is -0.125. The van der Waals surface area contributed by atoms with Crippen LogP contribution in [0.5, 0.6) is 0 Å². The molecule has 3 unspecified atom stereocenters. The Bertz CT molecular complexity index is 542. The van der Waals surface area contributed by atoms with Gasteiger partial charge in [0.05, 0.1) is 5.54 Å². The minimum absolute atomic E-state index is 0.132. The first kappa shape index (κ1) is 14.6. The van der Waals surface area contributed by atoms with Gasteiger partial charge in [0.15, 0.2) is 0 Å². The maximum atomic E-state index is 13.1. The van der Waals surface area contributed by atoms with E-state index in [2.05, 4.69) is 32.0 Å². The van der Waals surface area contributed by atoms with E-state index in [-0.39, 0.29) is 5.91 Å². The number of nitrogens with two attached hydrogens (primary N) is 1. The van der Waals surface area contributed by atoms with Gasteiger partial charge in [0, 0.05) is 12.2 Å². The fourth-order valence-corrected chi connectivity index (χ4v) is 4.04. The molecule has 1 aromatic carbocycles. The maximum Gasteiger partial charge on any atom is 0.247 e. The van der Waals surface area contributed by atoms with Crippen LogP contribution >= 0.6 is 0 Å². The number of benzene rings is 1. The topological polar surface area (TPSA) is 46.3 Å². The number of fused-ring (bicyclic) bond motifs is 1. The van der Waals surface area contributed by atoms with Crippen LogP contribution in [-0.2, 0) is 11.2 Å². The SMILES string of the molecule is CC1Cc2ccccc2N(C(=O)C2(N)CCCC(C)C2)C1. The monoisotopic (exact) mass is 286 g/mol. The van der Waals surface area contributed by atoms with Crippen LogP contribution in [0.15, 0.2) is 24.3 Å². The molecular weight excluding hydrogens is 260 g/mol.